The number of nitrogens with two attached hydrogens (primary N) is 2. The van der Waals surface area contributed by atoms with Gasteiger partial charge in [-0.15, -0.1) is 0 Å². The highest BCUT2D eigenvalue weighted by Gasteiger charge is 2.30. The average Bonchev–Trinajstić information content (AvgIpc) is 3.30. The number of carbonyl (C=O) groups excluding carboxylic acids is 1. The normalized spacial score (nSPS) is 18.0. The van der Waals surface area contributed by atoms with Crippen molar-refractivity contribution in [2.75, 3.05) is 5.73 Å². The molecule has 0 spiro atoms. The molecule has 3 aromatic heterocycles. The number of hydrogen-bond donors (Lipinski definition) is 2. The fourth-order valence-corrected chi connectivity index (χ4v) is 5.42. The van der Waals surface area contributed by atoms with Gasteiger partial charge in [-0.05, 0) is 44.2 Å². The Labute approximate surface area is 208 Å². The molecule has 4 N–H and O–H groups in total. The fraction of sp³-hybridized carbons (Fsp3) is 0.250. The molecule has 1 fully saturated rings. The van der Waals surface area contributed by atoms with Crippen LogP contribution >= 0.6 is 0 Å². The summed E-state index contributed by atoms with van der Waals surface area (Å²) in [5.41, 5.74) is 18.3. The Balaban J connectivity index is 1.48. The second-order valence-electron chi connectivity index (χ2n) is 9.55. The quantitative estimate of drug-likeness (QED) is 0.388. The van der Waals surface area contributed by atoms with E-state index in [2.05, 4.69) is 53.4 Å². The first kappa shape index (κ1) is 22.2. The molecule has 2 aromatic carbocycles. The van der Waals surface area contributed by atoms with Crippen molar-refractivity contribution < 1.29 is 4.79 Å². The standard InChI is InChI=1S/C28H27N7O/c1-16-21(13-11-18-12-14-22(33-23(16)18)17-5-3-2-4-6-17)24-25-26(29)31-15-32-35(25)28(34-24)20-9-7-19(8-10-20)27(30)36/h2-6,11-15,19-20H,7-10H2,1H3,(H2,30,36)(H2,29,31,32). The molecule has 0 bridgehead atoms. The van der Waals surface area contributed by atoms with E-state index in [1.54, 1.807) is 0 Å². The van der Waals surface area contributed by atoms with Gasteiger partial charge in [-0.1, -0.05) is 48.5 Å². The summed E-state index contributed by atoms with van der Waals surface area (Å²) in [7, 11) is 0. The van der Waals surface area contributed by atoms with E-state index in [1.807, 2.05) is 22.7 Å². The molecule has 0 radical (unpaired) electrons. The lowest BCUT2D eigenvalue weighted by molar-refractivity contribution is -0.122. The Hall–Kier alpha value is -4.33. The maximum atomic E-state index is 11.7. The third kappa shape index (κ3) is 3.66. The first-order chi connectivity index (χ1) is 17.5. The van der Waals surface area contributed by atoms with Crippen LogP contribution in [0.3, 0.4) is 0 Å². The van der Waals surface area contributed by atoms with Gasteiger partial charge >= 0.3 is 0 Å². The van der Waals surface area contributed by atoms with Gasteiger partial charge in [-0.25, -0.2) is 19.5 Å². The van der Waals surface area contributed by atoms with E-state index in [0.29, 0.717) is 11.3 Å². The van der Waals surface area contributed by atoms with Crippen LogP contribution in [0.15, 0.2) is 60.9 Å². The zero-order valence-corrected chi connectivity index (χ0v) is 20.1. The van der Waals surface area contributed by atoms with Crippen molar-refractivity contribution in [3.63, 3.8) is 0 Å². The Morgan fingerprint density at radius 1 is 0.972 bits per heavy atom. The van der Waals surface area contributed by atoms with Crippen molar-refractivity contribution in [2.24, 2.45) is 11.7 Å². The maximum absolute atomic E-state index is 11.7. The molecular formula is C28H27N7O. The Morgan fingerprint density at radius 3 is 2.47 bits per heavy atom. The van der Waals surface area contributed by atoms with E-state index in [1.165, 1.54) is 6.33 Å². The number of benzene rings is 2. The number of nitrogens with zero attached hydrogens (tertiary/aromatic N) is 5. The lowest BCUT2D eigenvalue weighted by atomic mass is 9.81. The van der Waals surface area contributed by atoms with Crippen LogP contribution in [0.25, 0.3) is 38.9 Å². The molecule has 0 aliphatic heterocycles. The Bertz CT molecular complexity index is 1600. The number of anilines is 1. The highest BCUT2D eigenvalue weighted by molar-refractivity contribution is 5.94. The van der Waals surface area contributed by atoms with Gasteiger partial charge in [0.25, 0.3) is 0 Å². The highest BCUT2D eigenvalue weighted by atomic mass is 16.1. The molecule has 1 amide bonds. The van der Waals surface area contributed by atoms with Crippen LogP contribution in [0.4, 0.5) is 5.82 Å². The second kappa shape index (κ2) is 8.71. The fourth-order valence-electron chi connectivity index (χ4n) is 5.42. The summed E-state index contributed by atoms with van der Waals surface area (Å²) in [4.78, 5) is 26.0. The van der Waals surface area contributed by atoms with Gasteiger partial charge in [0.2, 0.25) is 5.91 Å². The van der Waals surface area contributed by atoms with Gasteiger partial charge in [0.05, 0.1) is 11.2 Å². The molecule has 6 rings (SSSR count). The molecule has 5 aromatic rings. The van der Waals surface area contributed by atoms with Gasteiger partial charge in [-0.2, -0.15) is 5.10 Å². The molecule has 8 nitrogen and oxygen atoms in total. The molecule has 36 heavy (non-hydrogen) atoms. The highest BCUT2D eigenvalue weighted by Crippen LogP contribution is 2.39. The lowest BCUT2D eigenvalue weighted by Crippen LogP contribution is -2.27. The van der Waals surface area contributed by atoms with E-state index in [0.717, 1.165) is 70.5 Å². The number of pyridine rings is 1. The van der Waals surface area contributed by atoms with Crippen LogP contribution in [-0.2, 0) is 4.79 Å². The Kier molecular flexibility index (Phi) is 5.36. The third-order valence-electron chi connectivity index (χ3n) is 7.42. The topological polar surface area (TPSA) is 125 Å². The Morgan fingerprint density at radius 2 is 1.72 bits per heavy atom. The van der Waals surface area contributed by atoms with Crippen molar-refractivity contribution in [3.05, 3.63) is 72.3 Å². The zero-order valence-electron chi connectivity index (χ0n) is 20.1. The number of aryl methyl sites for hydroxylation is 1. The van der Waals surface area contributed by atoms with Crippen LogP contribution < -0.4 is 11.5 Å². The zero-order chi connectivity index (χ0) is 24.8. The molecule has 180 valence electrons. The van der Waals surface area contributed by atoms with Gasteiger partial charge in [0.1, 0.15) is 23.4 Å². The van der Waals surface area contributed by atoms with Gasteiger partial charge in [0.15, 0.2) is 5.82 Å². The summed E-state index contributed by atoms with van der Waals surface area (Å²) in [6.45, 7) is 2.07. The van der Waals surface area contributed by atoms with Crippen molar-refractivity contribution in [3.8, 4) is 22.5 Å². The summed E-state index contributed by atoms with van der Waals surface area (Å²) in [6.07, 6.45) is 4.63. The monoisotopic (exact) mass is 477 g/mol. The molecule has 3 heterocycles. The number of carbonyl (C=O) groups is 1. The van der Waals surface area contributed by atoms with Crippen molar-refractivity contribution in [2.45, 2.75) is 38.5 Å². The number of fused-ring (bicyclic) bond motifs is 2. The summed E-state index contributed by atoms with van der Waals surface area (Å²) < 4.78 is 1.82. The largest absolute Gasteiger partial charge is 0.382 e. The number of rotatable bonds is 4. The van der Waals surface area contributed by atoms with Gasteiger partial charge in [-0.3, -0.25) is 4.79 Å². The number of amides is 1. The lowest BCUT2D eigenvalue weighted by Gasteiger charge is -2.25. The van der Waals surface area contributed by atoms with Crippen molar-refractivity contribution in [1.82, 2.24) is 24.6 Å². The molecule has 0 atom stereocenters. The number of nitrogen functional groups attached to an aromatic ring is 1. The van der Waals surface area contributed by atoms with Crippen LogP contribution in [0.2, 0.25) is 0 Å². The van der Waals surface area contributed by atoms with Crippen LogP contribution in [-0.4, -0.2) is 30.5 Å². The smallest absolute Gasteiger partial charge is 0.220 e. The predicted molar refractivity (Wildman–Crippen MR) is 140 cm³/mol. The summed E-state index contributed by atoms with van der Waals surface area (Å²) in [6, 6.07) is 18.5. The van der Waals surface area contributed by atoms with E-state index in [-0.39, 0.29) is 17.7 Å². The van der Waals surface area contributed by atoms with E-state index in [4.69, 9.17) is 21.4 Å². The minimum atomic E-state index is -0.220. The van der Waals surface area contributed by atoms with Gasteiger partial charge < -0.3 is 11.5 Å². The van der Waals surface area contributed by atoms with Crippen molar-refractivity contribution >= 4 is 28.1 Å². The molecule has 0 saturated heterocycles. The first-order valence-electron chi connectivity index (χ1n) is 12.3. The van der Waals surface area contributed by atoms with Crippen LogP contribution in [0.1, 0.15) is 43.0 Å². The number of primary amides is 1. The van der Waals surface area contributed by atoms with E-state index < -0.39 is 0 Å². The third-order valence-corrected chi connectivity index (χ3v) is 7.42. The average molecular weight is 478 g/mol. The molecule has 1 aliphatic carbocycles. The minimum absolute atomic E-state index is 0.0701. The summed E-state index contributed by atoms with van der Waals surface area (Å²) in [5.74, 6) is 1.11. The predicted octanol–water partition coefficient (Wildman–Crippen LogP) is 4.66. The molecular weight excluding hydrogens is 450 g/mol. The number of aromatic nitrogens is 5. The molecule has 0 unspecified atom stereocenters. The first-order valence-corrected chi connectivity index (χ1v) is 12.3. The maximum Gasteiger partial charge on any atom is 0.220 e. The molecule has 1 aliphatic rings. The van der Waals surface area contributed by atoms with Crippen LogP contribution in [0, 0.1) is 12.8 Å². The molecule has 8 heteroatoms. The van der Waals surface area contributed by atoms with Crippen molar-refractivity contribution in [1.29, 1.82) is 0 Å². The molecule has 1 saturated carbocycles. The summed E-state index contributed by atoms with van der Waals surface area (Å²) in [5, 5.41) is 5.58. The number of imidazole rings is 1. The summed E-state index contributed by atoms with van der Waals surface area (Å²) >= 11 is 0. The minimum Gasteiger partial charge on any atom is -0.382 e. The SMILES string of the molecule is Cc1c(-c2nc(C3CCC(C(N)=O)CC3)n3ncnc(N)c23)ccc2ccc(-c3ccccc3)nc12. The van der Waals surface area contributed by atoms with E-state index >= 15 is 0 Å². The van der Waals surface area contributed by atoms with E-state index in [9.17, 15) is 4.79 Å². The number of hydrogen-bond acceptors (Lipinski definition) is 6. The second-order valence-corrected chi connectivity index (χ2v) is 9.55. The van der Waals surface area contributed by atoms with Gasteiger partial charge in [0, 0.05) is 28.3 Å². The van der Waals surface area contributed by atoms with Crippen LogP contribution in [0.5, 0.6) is 0 Å².